The van der Waals surface area contributed by atoms with Crippen LogP contribution in [-0.2, 0) is 0 Å². The number of carbonyl (C=O) groups excluding carboxylic acids is 1. The van der Waals surface area contributed by atoms with Gasteiger partial charge in [0.1, 0.15) is 5.69 Å². The van der Waals surface area contributed by atoms with E-state index < -0.39 is 0 Å². The first-order valence-electron chi connectivity index (χ1n) is 8.00. The third-order valence-corrected chi connectivity index (χ3v) is 4.23. The molecule has 0 spiro atoms. The molecule has 132 valence electrons. The lowest BCUT2D eigenvalue weighted by Crippen LogP contribution is -2.21. The van der Waals surface area contributed by atoms with E-state index in [1.165, 1.54) is 0 Å². The average molecular weight is 387 g/mol. The van der Waals surface area contributed by atoms with Gasteiger partial charge in [0.2, 0.25) is 5.95 Å². The molecule has 7 heteroatoms. The second-order valence-electron chi connectivity index (χ2n) is 5.40. The molecular formula is C19H16Cl2N4O. The maximum absolute atomic E-state index is 12.5. The monoisotopic (exact) mass is 386 g/mol. The van der Waals surface area contributed by atoms with Gasteiger partial charge in [0.05, 0.1) is 10.7 Å². The fourth-order valence-corrected chi connectivity index (χ4v) is 2.89. The molecule has 0 radical (unpaired) electrons. The Morgan fingerprint density at radius 2 is 1.88 bits per heavy atom. The van der Waals surface area contributed by atoms with Crippen LogP contribution in [0.2, 0.25) is 10.0 Å². The third-order valence-electron chi connectivity index (χ3n) is 3.68. The second-order valence-corrected chi connectivity index (χ2v) is 6.24. The van der Waals surface area contributed by atoms with Gasteiger partial charge in [-0.2, -0.15) is 0 Å². The minimum Gasteiger partial charge on any atom is -0.319 e. The molecule has 0 aliphatic heterocycles. The highest BCUT2D eigenvalue weighted by molar-refractivity contribution is 6.36. The van der Waals surface area contributed by atoms with Crippen molar-refractivity contribution >= 4 is 46.4 Å². The Bertz CT molecular complexity index is 918. The Hall–Kier alpha value is -2.63. The van der Waals surface area contributed by atoms with Crippen molar-refractivity contribution in [1.29, 1.82) is 0 Å². The second kappa shape index (κ2) is 8.17. The normalized spacial score (nSPS) is 10.4. The van der Waals surface area contributed by atoms with Crippen molar-refractivity contribution in [3.8, 4) is 0 Å². The topological polar surface area (TPSA) is 58.1 Å². The van der Waals surface area contributed by atoms with Gasteiger partial charge in [0.15, 0.2) is 0 Å². The van der Waals surface area contributed by atoms with E-state index in [-0.39, 0.29) is 11.6 Å². The third kappa shape index (κ3) is 4.12. The zero-order chi connectivity index (χ0) is 18.5. The fourth-order valence-electron chi connectivity index (χ4n) is 2.43. The van der Waals surface area contributed by atoms with Crippen molar-refractivity contribution in [3.05, 3.63) is 76.5 Å². The van der Waals surface area contributed by atoms with Crippen LogP contribution in [0.15, 0.2) is 60.8 Å². The van der Waals surface area contributed by atoms with E-state index in [0.29, 0.717) is 28.2 Å². The van der Waals surface area contributed by atoms with Gasteiger partial charge >= 0.3 is 0 Å². The minimum absolute atomic E-state index is 0.246. The molecule has 0 bridgehead atoms. The Labute approximate surface area is 161 Å². The number of nitrogens with zero attached hydrogens (tertiary/aromatic N) is 3. The van der Waals surface area contributed by atoms with Gasteiger partial charge < -0.3 is 10.2 Å². The number of rotatable bonds is 5. The summed E-state index contributed by atoms with van der Waals surface area (Å²) < 4.78 is 0. The molecular weight excluding hydrogens is 371 g/mol. The van der Waals surface area contributed by atoms with Gasteiger partial charge in [0.25, 0.3) is 5.91 Å². The molecule has 3 aromatic rings. The number of halogens is 2. The first kappa shape index (κ1) is 18.2. The van der Waals surface area contributed by atoms with Gasteiger partial charge in [-0.05, 0) is 43.3 Å². The van der Waals surface area contributed by atoms with E-state index in [2.05, 4.69) is 15.3 Å². The summed E-state index contributed by atoms with van der Waals surface area (Å²) >= 11 is 12.0. The van der Waals surface area contributed by atoms with Crippen LogP contribution in [0.1, 0.15) is 17.4 Å². The smallest absolute Gasteiger partial charge is 0.274 e. The quantitative estimate of drug-likeness (QED) is 0.654. The van der Waals surface area contributed by atoms with Crippen LogP contribution in [0.4, 0.5) is 17.3 Å². The van der Waals surface area contributed by atoms with Crippen molar-refractivity contribution in [2.45, 2.75) is 6.92 Å². The molecule has 1 heterocycles. The Balaban J connectivity index is 1.85. The van der Waals surface area contributed by atoms with E-state index in [9.17, 15) is 4.79 Å². The van der Waals surface area contributed by atoms with Crippen LogP contribution in [0.5, 0.6) is 0 Å². The Kier molecular flexibility index (Phi) is 5.71. The van der Waals surface area contributed by atoms with Gasteiger partial charge in [-0.15, -0.1) is 0 Å². The van der Waals surface area contributed by atoms with E-state index in [4.69, 9.17) is 23.2 Å². The summed E-state index contributed by atoms with van der Waals surface area (Å²) in [5, 5.41) is 3.60. The van der Waals surface area contributed by atoms with E-state index in [1.807, 2.05) is 42.2 Å². The first-order chi connectivity index (χ1) is 12.6. The molecule has 0 aliphatic rings. The highest BCUT2D eigenvalue weighted by Crippen LogP contribution is 2.26. The van der Waals surface area contributed by atoms with Gasteiger partial charge in [-0.1, -0.05) is 41.4 Å². The summed E-state index contributed by atoms with van der Waals surface area (Å²) in [4.78, 5) is 23.2. The van der Waals surface area contributed by atoms with Gasteiger partial charge in [-0.3, -0.25) is 4.79 Å². The molecule has 1 amide bonds. The number of hydrogen-bond acceptors (Lipinski definition) is 4. The molecule has 0 saturated carbocycles. The summed E-state index contributed by atoms with van der Waals surface area (Å²) in [6.45, 7) is 2.66. The van der Waals surface area contributed by atoms with Crippen LogP contribution in [0.3, 0.4) is 0 Å². The van der Waals surface area contributed by atoms with Crippen LogP contribution in [-0.4, -0.2) is 22.4 Å². The highest BCUT2D eigenvalue weighted by atomic mass is 35.5. The van der Waals surface area contributed by atoms with Crippen LogP contribution in [0.25, 0.3) is 0 Å². The van der Waals surface area contributed by atoms with Crippen molar-refractivity contribution in [1.82, 2.24) is 9.97 Å². The van der Waals surface area contributed by atoms with E-state index in [0.717, 1.165) is 5.69 Å². The van der Waals surface area contributed by atoms with Gasteiger partial charge in [-0.25, -0.2) is 9.97 Å². The summed E-state index contributed by atoms with van der Waals surface area (Å²) in [5.41, 5.74) is 1.67. The number of anilines is 3. The molecule has 0 aliphatic carbocycles. The van der Waals surface area contributed by atoms with E-state index >= 15 is 0 Å². The predicted molar refractivity (Wildman–Crippen MR) is 106 cm³/mol. The van der Waals surface area contributed by atoms with Crippen molar-refractivity contribution < 1.29 is 4.79 Å². The zero-order valence-electron chi connectivity index (χ0n) is 14.0. The highest BCUT2D eigenvalue weighted by Gasteiger charge is 2.15. The SMILES string of the molecule is CCN(c1ccccc1)c1nccc(C(=O)Nc2ccc(Cl)cc2Cl)n1. The summed E-state index contributed by atoms with van der Waals surface area (Å²) in [5.74, 6) is 0.0792. The molecule has 26 heavy (non-hydrogen) atoms. The van der Waals surface area contributed by atoms with Crippen LogP contribution >= 0.6 is 23.2 Å². The molecule has 1 aromatic heterocycles. The molecule has 0 fully saturated rings. The lowest BCUT2D eigenvalue weighted by atomic mass is 10.3. The predicted octanol–water partition coefficient (Wildman–Crippen LogP) is 5.19. The van der Waals surface area contributed by atoms with Gasteiger partial charge in [0, 0.05) is 23.5 Å². The molecule has 0 saturated heterocycles. The number of hydrogen-bond donors (Lipinski definition) is 1. The minimum atomic E-state index is -0.373. The van der Waals surface area contributed by atoms with Crippen LogP contribution in [0, 0.1) is 0 Å². The van der Waals surface area contributed by atoms with Crippen LogP contribution < -0.4 is 10.2 Å². The number of aromatic nitrogens is 2. The van der Waals surface area contributed by atoms with Crippen molar-refractivity contribution in [2.24, 2.45) is 0 Å². The fraction of sp³-hybridized carbons (Fsp3) is 0.105. The number of benzene rings is 2. The molecule has 3 rings (SSSR count). The largest absolute Gasteiger partial charge is 0.319 e. The number of amides is 1. The lowest BCUT2D eigenvalue weighted by Gasteiger charge is -2.21. The Morgan fingerprint density at radius 1 is 1.12 bits per heavy atom. The average Bonchev–Trinajstić information content (AvgIpc) is 2.66. The molecule has 2 aromatic carbocycles. The maximum atomic E-state index is 12.5. The summed E-state index contributed by atoms with van der Waals surface area (Å²) in [6.07, 6.45) is 1.56. The molecule has 1 N–H and O–H groups in total. The lowest BCUT2D eigenvalue weighted by molar-refractivity contribution is 0.102. The van der Waals surface area contributed by atoms with Crippen molar-refractivity contribution in [3.63, 3.8) is 0 Å². The summed E-state index contributed by atoms with van der Waals surface area (Å²) in [7, 11) is 0. The zero-order valence-corrected chi connectivity index (χ0v) is 15.5. The number of para-hydroxylation sites is 1. The summed E-state index contributed by atoms with van der Waals surface area (Å²) in [6, 6.07) is 16.2. The standard InChI is InChI=1S/C19H16Cl2N4O/c1-2-25(14-6-4-3-5-7-14)19-22-11-10-17(24-19)18(26)23-16-9-8-13(20)12-15(16)21/h3-12H,2H2,1H3,(H,23,26). The maximum Gasteiger partial charge on any atom is 0.274 e. The Morgan fingerprint density at radius 3 is 2.58 bits per heavy atom. The van der Waals surface area contributed by atoms with E-state index in [1.54, 1.807) is 30.5 Å². The van der Waals surface area contributed by atoms with Crippen molar-refractivity contribution in [2.75, 3.05) is 16.8 Å². The number of nitrogens with one attached hydrogen (secondary N) is 1. The molecule has 5 nitrogen and oxygen atoms in total. The first-order valence-corrected chi connectivity index (χ1v) is 8.76. The molecule has 0 atom stereocenters. The number of carbonyl (C=O) groups is 1. The molecule has 0 unspecified atom stereocenters.